The zero-order valence-electron chi connectivity index (χ0n) is 18.7. The predicted molar refractivity (Wildman–Crippen MR) is 127 cm³/mol. The van der Waals surface area contributed by atoms with Crippen LogP contribution in [0.1, 0.15) is 30.4 Å². The number of piperazine rings is 1. The van der Waals surface area contributed by atoms with Crippen molar-refractivity contribution >= 4 is 5.96 Å². The van der Waals surface area contributed by atoms with Crippen LogP contribution in [0.15, 0.2) is 65.7 Å². The molecule has 0 saturated carbocycles. The van der Waals surface area contributed by atoms with Crippen LogP contribution in [0.25, 0.3) is 0 Å². The van der Waals surface area contributed by atoms with E-state index in [1.54, 1.807) is 0 Å². The molecule has 2 aromatic carbocycles. The molecule has 3 rings (SSSR count). The van der Waals surface area contributed by atoms with Gasteiger partial charge in [-0.05, 0) is 31.5 Å². The molecule has 1 fully saturated rings. The zero-order valence-corrected chi connectivity index (χ0v) is 18.7. The summed E-state index contributed by atoms with van der Waals surface area (Å²) in [5, 5.41) is 7.03. The van der Waals surface area contributed by atoms with E-state index < -0.39 is 0 Å². The maximum Gasteiger partial charge on any atom is 0.191 e. The van der Waals surface area contributed by atoms with E-state index in [-0.39, 0.29) is 0 Å². The molecule has 0 amide bonds. The van der Waals surface area contributed by atoms with E-state index in [4.69, 9.17) is 0 Å². The minimum Gasteiger partial charge on any atom is -0.356 e. The predicted octanol–water partition coefficient (Wildman–Crippen LogP) is 3.01. The number of hydrogen-bond acceptors (Lipinski definition) is 3. The number of likely N-dealkylation sites (N-methyl/N-ethyl adjacent to an activating group) is 1. The van der Waals surface area contributed by atoms with E-state index in [2.05, 4.69) is 100 Å². The summed E-state index contributed by atoms with van der Waals surface area (Å²) in [5.74, 6) is 1.26. The van der Waals surface area contributed by atoms with E-state index >= 15 is 0 Å². The first-order valence-corrected chi connectivity index (χ1v) is 11.1. The fourth-order valence-corrected chi connectivity index (χ4v) is 4.09. The Hall–Kier alpha value is -2.37. The Bertz CT molecular complexity index is 714. The summed E-state index contributed by atoms with van der Waals surface area (Å²) in [6.07, 6.45) is 1.02. The summed E-state index contributed by atoms with van der Waals surface area (Å²) in [6.45, 7) is 8.66. The fraction of sp³-hybridized carbons (Fsp3) is 0.480. The van der Waals surface area contributed by atoms with Crippen LogP contribution in [0.3, 0.4) is 0 Å². The van der Waals surface area contributed by atoms with Crippen molar-refractivity contribution in [3.63, 3.8) is 0 Å². The van der Waals surface area contributed by atoms with Crippen molar-refractivity contribution in [1.29, 1.82) is 0 Å². The first kappa shape index (κ1) is 22.3. The third-order valence-electron chi connectivity index (χ3n) is 6.08. The third kappa shape index (κ3) is 6.57. The van der Waals surface area contributed by atoms with Gasteiger partial charge in [-0.3, -0.25) is 9.89 Å². The van der Waals surface area contributed by atoms with Crippen molar-refractivity contribution in [3.05, 3.63) is 71.8 Å². The van der Waals surface area contributed by atoms with Crippen LogP contribution < -0.4 is 10.6 Å². The largest absolute Gasteiger partial charge is 0.356 e. The lowest BCUT2D eigenvalue weighted by Gasteiger charge is -2.36. The Balaban J connectivity index is 1.50. The molecule has 1 unspecified atom stereocenters. The van der Waals surface area contributed by atoms with E-state index in [9.17, 15) is 0 Å². The van der Waals surface area contributed by atoms with Crippen molar-refractivity contribution < 1.29 is 0 Å². The van der Waals surface area contributed by atoms with E-state index in [0.29, 0.717) is 12.0 Å². The van der Waals surface area contributed by atoms with Gasteiger partial charge in [-0.2, -0.15) is 0 Å². The zero-order chi connectivity index (χ0) is 21.2. The van der Waals surface area contributed by atoms with E-state index in [1.165, 1.54) is 11.1 Å². The van der Waals surface area contributed by atoms with Crippen molar-refractivity contribution in [1.82, 2.24) is 20.4 Å². The Labute approximate surface area is 182 Å². The number of rotatable bonds is 8. The second-order valence-corrected chi connectivity index (χ2v) is 8.23. The van der Waals surface area contributed by atoms with E-state index in [1.807, 2.05) is 7.05 Å². The quantitative estimate of drug-likeness (QED) is 0.522. The molecule has 1 atom stereocenters. The van der Waals surface area contributed by atoms with Gasteiger partial charge < -0.3 is 15.5 Å². The number of hydrogen-bond donors (Lipinski definition) is 2. The molecule has 0 aliphatic carbocycles. The molecule has 5 heteroatoms. The second-order valence-electron chi connectivity index (χ2n) is 8.23. The van der Waals surface area contributed by atoms with Crippen LogP contribution in [0.4, 0.5) is 0 Å². The summed E-state index contributed by atoms with van der Waals surface area (Å²) in [4.78, 5) is 9.38. The molecule has 1 heterocycles. The molecule has 2 N–H and O–H groups in total. The highest BCUT2D eigenvalue weighted by Crippen LogP contribution is 2.27. The molecule has 1 saturated heterocycles. The molecule has 0 bridgehead atoms. The Kier molecular flexibility index (Phi) is 8.72. The summed E-state index contributed by atoms with van der Waals surface area (Å²) in [7, 11) is 4.05. The SMILES string of the molecule is CN=C(NCCC(c1ccccc1)c1ccccc1)NCC(C)N1CCN(C)CC1. The molecule has 1 aliphatic heterocycles. The third-order valence-corrected chi connectivity index (χ3v) is 6.08. The van der Waals surface area contributed by atoms with Gasteiger partial charge >= 0.3 is 0 Å². The minimum atomic E-state index is 0.377. The van der Waals surface area contributed by atoms with Crippen LogP contribution in [0, 0.1) is 0 Å². The summed E-state index contributed by atoms with van der Waals surface area (Å²) in [6, 6.07) is 22.1. The smallest absolute Gasteiger partial charge is 0.191 e. The van der Waals surface area contributed by atoms with Gasteiger partial charge in [0.2, 0.25) is 0 Å². The molecule has 0 aromatic heterocycles. The van der Waals surface area contributed by atoms with Crippen LogP contribution in [-0.4, -0.2) is 75.2 Å². The first-order chi connectivity index (χ1) is 14.7. The molecule has 0 spiro atoms. The number of guanidine groups is 1. The van der Waals surface area contributed by atoms with Gasteiger partial charge in [-0.1, -0.05) is 60.7 Å². The van der Waals surface area contributed by atoms with Crippen LogP contribution in [0.2, 0.25) is 0 Å². The fourth-order valence-electron chi connectivity index (χ4n) is 4.09. The number of nitrogens with zero attached hydrogens (tertiary/aromatic N) is 3. The van der Waals surface area contributed by atoms with Crippen molar-refractivity contribution in [2.75, 3.05) is 53.4 Å². The van der Waals surface area contributed by atoms with Crippen LogP contribution in [-0.2, 0) is 0 Å². The summed E-state index contributed by atoms with van der Waals surface area (Å²) >= 11 is 0. The maximum absolute atomic E-state index is 4.43. The molecule has 2 aromatic rings. The number of nitrogens with one attached hydrogen (secondary N) is 2. The van der Waals surface area contributed by atoms with Gasteiger partial charge in [0.05, 0.1) is 0 Å². The molecular formula is C25H37N5. The topological polar surface area (TPSA) is 42.9 Å². The average molecular weight is 408 g/mol. The van der Waals surface area contributed by atoms with Gasteiger partial charge in [-0.25, -0.2) is 0 Å². The Morgan fingerprint density at radius 1 is 0.900 bits per heavy atom. The lowest BCUT2D eigenvalue weighted by atomic mass is 9.88. The normalized spacial score (nSPS) is 17.1. The van der Waals surface area contributed by atoms with E-state index in [0.717, 1.165) is 51.6 Å². The van der Waals surface area contributed by atoms with Gasteiger partial charge in [0.1, 0.15) is 0 Å². The number of benzene rings is 2. The summed E-state index contributed by atoms with van der Waals surface area (Å²) < 4.78 is 0. The van der Waals surface area contributed by atoms with Gasteiger partial charge in [-0.15, -0.1) is 0 Å². The number of aliphatic imine (C=N–C) groups is 1. The molecule has 30 heavy (non-hydrogen) atoms. The second kappa shape index (κ2) is 11.7. The van der Waals surface area contributed by atoms with Gasteiger partial charge in [0.25, 0.3) is 0 Å². The minimum absolute atomic E-state index is 0.377. The van der Waals surface area contributed by atoms with Gasteiger partial charge in [0, 0.05) is 58.3 Å². The highest BCUT2D eigenvalue weighted by molar-refractivity contribution is 5.79. The van der Waals surface area contributed by atoms with Crippen molar-refractivity contribution in [2.24, 2.45) is 4.99 Å². The highest BCUT2D eigenvalue weighted by atomic mass is 15.3. The Morgan fingerprint density at radius 3 is 2.00 bits per heavy atom. The Morgan fingerprint density at radius 2 is 1.47 bits per heavy atom. The first-order valence-electron chi connectivity index (χ1n) is 11.1. The average Bonchev–Trinajstić information content (AvgIpc) is 2.80. The van der Waals surface area contributed by atoms with Gasteiger partial charge in [0.15, 0.2) is 5.96 Å². The monoisotopic (exact) mass is 407 g/mol. The molecule has 1 aliphatic rings. The molecule has 162 valence electrons. The molecule has 0 radical (unpaired) electrons. The lowest BCUT2D eigenvalue weighted by Crippen LogP contribution is -2.52. The summed E-state index contributed by atoms with van der Waals surface area (Å²) in [5.41, 5.74) is 2.72. The standard InChI is InChI=1S/C25H37N5/c1-21(30-18-16-29(3)17-19-30)20-28-25(26-2)27-15-14-24(22-10-6-4-7-11-22)23-12-8-5-9-13-23/h4-13,21,24H,14-20H2,1-3H3,(H2,26,27,28). The highest BCUT2D eigenvalue weighted by Gasteiger charge is 2.19. The molecule has 5 nitrogen and oxygen atoms in total. The van der Waals surface area contributed by atoms with Crippen LogP contribution in [0.5, 0.6) is 0 Å². The molecular weight excluding hydrogens is 370 g/mol. The van der Waals surface area contributed by atoms with Crippen molar-refractivity contribution in [3.8, 4) is 0 Å². The van der Waals surface area contributed by atoms with Crippen molar-refractivity contribution in [2.45, 2.75) is 25.3 Å². The maximum atomic E-state index is 4.43. The lowest BCUT2D eigenvalue weighted by molar-refractivity contribution is 0.120. The van der Waals surface area contributed by atoms with Crippen LogP contribution >= 0.6 is 0 Å².